The zero-order valence-electron chi connectivity index (χ0n) is 11.9. The second-order valence-electron chi connectivity index (χ2n) is 6.31. The van der Waals surface area contributed by atoms with E-state index in [-0.39, 0.29) is 6.10 Å². The van der Waals surface area contributed by atoms with Gasteiger partial charge in [-0.2, -0.15) is 0 Å². The summed E-state index contributed by atoms with van der Waals surface area (Å²) in [4.78, 5) is 2.56. The molecular formula is C17H25NO. The predicted octanol–water partition coefficient (Wildman–Crippen LogP) is 2.91. The lowest BCUT2D eigenvalue weighted by atomic mass is 10.0. The third kappa shape index (κ3) is 3.01. The van der Waals surface area contributed by atoms with Crippen LogP contribution in [-0.4, -0.2) is 28.7 Å². The SMILES string of the molecule is CC(O)CC1CCCN1Cc1ccc2c(c1)CCC2. The van der Waals surface area contributed by atoms with Gasteiger partial charge < -0.3 is 5.11 Å². The van der Waals surface area contributed by atoms with Gasteiger partial charge in [0, 0.05) is 12.6 Å². The summed E-state index contributed by atoms with van der Waals surface area (Å²) in [6, 6.07) is 7.63. The normalized spacial score (nSPS) is 24.6. The average molecular weight is 259 g/mol. The van der Waals surface area contributed by atoms with Gasteiger partial charge in [-0.25, -0.2) is 0 Å². The maximum atomic E-state index is 9.60. The van der Waals surface area contributed by atoms with E-state index in [9.17, 15) is 5.11 Å². The Labute approximate surface area is 116 Å². The van der Waals surface area contributed by atoms with Gasteiger partial charge in [0.15, 0.2) is 0 Å². The van der Waals surface area contributed by atoms with Crippen LogP contribution < -0.4 is 0 Å². The Kier molecular flexibility index (Phi) is 3.90. The lowest BCUT2D eigenvalue weighted by Crippen LogP contribution is -2.31. The molecule has 0 spiro atoms. The van der Waals surface area contributed by atoms with Crippen LogP contribution in [-0.2, 0) is 19.4 Å². The molecule has 1 aromatic rings. The molecule has 2 heteroatoms. The molecule has 0 saturated carbocycles. The Morgan fingerprint density at radius 2 is 2.11 bits per heavy atom. The van der Waals surface area contributed by atoms with Gasteiger partial charge in [0.2, 0.25) is 0 Å². The predicted molar refractivity (Wildman–Crippen MR) is 78.2 cm³/mol. The highest BCUT2D eigenvalue weighted by Crippen LogP contribution is 2.26. The zero-order chi connectivity index (χ0) is 13.2. The minimum Gasteiger partial charge on any atom is -0.393 e. The first-order valence-electron chi connectivity index (χ1n) is 7.75. The molecule has 3 rings (SSSR count). The van der Waals surface area contributed by atoms with E-state index in [1.54, 1.807) is 11.1 Å². The van der Waals surface area contributed by atoms with Crippen LogP contribution in [0.25, 0.3) is 0 Å². The molecule has 104 valence electrons. The van der Waals surface area contributed by atoms with Gasteiger partial charge in [-0.15, -0.1) is 0 Å². The van der Waals surface area contributed by atoms with Crippen LogP contribution in [0.5, 0.6) is 0 Å². The lowest BCUT2D eigenvalue weighted by molar-refractivity contribution is 0.131. The molecule has 0 bridgehead atoms. The van der Waals surface area contributed by atoms with Crippen molar-refractivity contribution in [2.75, 3.05) is 6.54 Å². The van der Waals surface area contributed by atoms with Crippen molar-refractivity contribution in [3.05, 3.63) is 34.9 Å². The van der Waals surface area contributed by atoms with Crippen molar-refractivity contribution in [1.82, 2.24) is 4.90 Å². The smallest absolute Gasteiger partial charge is 0.0527 e. The summed E-state index contributed by atoms with van der Waals surface area (Å²) in [6.45, 7) is 4.16. The Balaban J connectivity index is 1.67. The van der Waals surface area contributed by atoms with E-state index in [0.717, 1.165) is 13.0 Å². The van der Waals surface area contributed by atoms with Gasteiger partial charge in [-0.05, 0) is 68.7 Å². The Morgan fingerprint density at radius 1 is 1.26 bits per heavy atom. The second kappa shape index (κ2) is 5.64. The van der Waals surface area contributed by atoms with Crippen LogP contribution in [0.2, 0.25) is 0 Å². The summed E-state index contributed by atoms with van der Waals surface area (Å²) in [6.07, 6.45) is 7.13. The van der Waals surface area contributed by atoms with Crippen molar-refractivity contribution in [2.24, 2.45) is 0 Å². The van der Waals surface area contributed by atoms with E-state index >= 15 is 0 Å². The molecule has 2 unspecified atom stereocenters. The first-order chi connectivity index (χ1) is 9.22. The standard InChI is InChI=1S/C17H25NO/c1-13(19)10-17-6-3-9-18(17)12-14-7-8-15-4-2-5-16(15)11-14/h7-8,11,13,17,19H,2-6,9-10,12H2,1H3. The number of rotatable bonds is 4. The van der Waals surface area contributed by atoms with Crippen molar-refractivity contribution in [3.8, 4) is 0 Å². The van der Waals surface area contributed by atoms with Gasteiger partial charge in [0.1, 0.15) is 0 Å². The summed E-state index contributed by atoms with van der Waals surface area (Å²) in [5.74, 6) is 0. The number of aliphatic hydroxyl groups is 1. The fraction of sp³-hybridized carbons (Fsp3) is 0.647. The Morgan fingerprint density at radius 3 is 2.95 bits per heavy atom. The average Bonchev–Trinajstić information content (AvgIpc) is 2.98. The maximum Gasteiger partial charge on any atom is 0.0527 e. The number of fused-ring (bicyclic) bond motifs is 1. The molecule has 1 aromatic carbocycles. The van der Waals surface area contributed by atoms with Gasteiger partial charge in [-0.1, -0.05) is 18.2 Å². The number of hydrogen-bond acceptors (Lipinski definition) is 2. The number of nitrogens with zero attached hydrogens (tertiary/aromatic N) is 1. The molecule has 1 saturated heterocycles. The molecule has 1 fully saturated rings. The molecule has 19 heavy (non-hydrogen) atoms. The minimum absolute atomic E-state index is 0.175. The minimum atomic E-state index is -0.175. The van der Waals surface area contributed by atoms with Crippen molar-refractivity contribution < 1.29 is 5.11 Å². The van der Waals surface area contributed by atoms with E-state index < -0.39 is 0 Å². The molecule has 2 atom stereocenters. The molecule has 1 N–H and O–H groups in total. The third-order valence-corrected chi connectivity index (χ3v) is 4.66. The molecule has 1 heterocycles. The first-order valence-corrected chi connectivity index (χ1v) is 7.75. The van der Waals surface area contributed by atoms with E-state index in [4.69, 9.17) is 0 Å². The summed E-state index contributed by atoms with van der Waals surface area (Å²) in [7, 11) is 0. The summed E-state index contributed by atoms with van der Waals surface area (Å²) in [5.41, 5.74) is 4.59. The quantitative estimate of drug-likeness (QED) is 0.898. The zero-order valence-corrected chi connectivity index (χ0v) is 11.9. The highest BCUT2D eigenvalue weighted by molar-refractivity contribution is 5.35. The first kappa shape index (κ1) is 13.1. The van der Waals surface area contributed by atoms with Crippen LogP contribution >= 0.6 is 0 Å². The fourth-order valence-electron chi connectivity index (χ4n) is 3.72. The molecular weight excluding hydrogens is 234 g/mol. The molecule has 0 amide bonds. The molecule has 1 aliphatic heterocycles. The lowest BCUT2D eigenvalue weighted by Gasteiger charge is -2.25. The van der Waals surface area contributed by atoms with E-state index in [1.165, 1.54) is 44.2 Å². The van der Waals surface area contributed by atoms with Crippen molar-refractivity contribution in [2.45, 2.75) is 64.1 Å². The third-order valence-electron chi connectivity index (χ3n) is 4.66. The van der Waals surface area contributed by atoms with Gasteiger partial charge in [-0.3, -0.25) is 4.90 Å². The van der Waals surface area contributed by atoms with E-state index in [2.05, 4.69) is 23.1 Å². The topological polar surface area (TPSA) is 23.5 Å². The van der Waals surface area contributed by atoms with Crippen LogP contribution in [0.1, 0.15) is 49.3 Å². The van der Waals surface area contributed by atoms with Gasteiger partial charge in [0.25, 0.3) is 0 Å². The van der Waals surface area contributed by atoms with Crippen LogP contribution in [0.15, 0.2) is 18.2 Å². The van der Waals surface area contributed by atoms with Crippen molar-refractivity contribution >= 4 is 0 Å². The molecule has 0 aromatic heterocycles. The largest absolute Gasteiger partial charge is 0.393 e. The number of aryl methyl sites for hydroxylation is 2. The number of hydrogen-bond donors (Lipinski definition) is 1. The van der Waals surface area contributed by atoms with Gasteiger partial charge >= 0.3 is 0 Å². The van der Waals surface area contributed by atoms with Gasteiger partial charge in [0.05, 0.1) is 6.10 Å². The summed E-state index contributed by atoms with van der Waals surface area (Å²) in [5, 5.41) is 9.60. The van der Waals surface area contributed by atoms with E-state index in [1.807, 2.05) is 6.92 Å². The van der Waals surface area contributed by atoms with E-state index in [0.29, 0.717) is 6.04 Å². The molecule has 0 radical (unpaired) electrons. The fourth-order valence-corrected chi connectivity index (χ4v) is 3.72. The Hall–Kier alpha value is -0.860. The van der Waals surface area contributed by atoms with Crippen molar-refractivity contribution in [3.63, 3.8) is 0 Å². The number of benzene rings is 1. The molecule has 2 aliphatic rings. The molecule has 2 nitrogen and oxygen atoms in total. The molecule has 1 aliphatic carbocycles. The highest BCUT2D eigenvalue weighted by Gasteiger charge is 2.25. The number of likely N-dealkylation sites (tertiary alicyclic amines) is 1. The maximum absolute atomic E-state index is 9.60. The highest BCUT2D eigenvalue weighted by atomic mass is 16.3. The van der Waals surface area contributed by atoms with Crippen LogP contribution in [0.4, 0.5) is 0 Å². The number of aliphatic hydroxyl groups excluding tert-OH is 1. The van der Waals surface area contributed by atoms with Crippen LogP contribution in [0, 0.1) is 0 Å². The second-order valence-corrected chi connectivity index (χ2v) is 6.31. The summed E-state index contributed by atoms with van der Waals surface area (Å²) >= 11 is 0. The Bertz CT molecular complexity index is 441. The monoisotopic (exact) mass is 259 g/mol. The van der Waals surface area contributed by atoms with Crippen LogP contribution in [0.3, 0.4) is 0 Å². The summed E-state index contributed by atoms with van der Waals surface area (Å²) < 4.78 is 0. The van der Waals surface area contributed by atoms with Crippen molar-refractivity contribution in [1.29, 1.82) is 0 Å².